The van der Waals surface area contributed by atoms with E-state index in [-0.39, 0.29) is 0 Å². The molecule has 0 spiro atoms. The van der Waals surface area contributed by atoms with Gasteiger partial charge in [-0.25, -0.2) is 9.97 Å². The fraction of sp³-hybridized carbons (Fsp3) is 0.722. The molecule has 2 saturated heterocycles. The summed E-state index contributed by atoms with van der Waals surface area (Å²) in [5.74, 6) is 1.83. The van der Waals surface area contributed by atoms with Gasteiger partial charge in [0, 0.05) is 64.2 Å². The minimum absolute atomic E-state index is 0.437. The van der Waals surface area contributed by atoms with Gasteiger partial charge in [-0.1, -0.05) is 0 Å². The average molecular weight is 361 g/mol. The van der Waals surface area contributed by atoms with Crippen LogP contribution in [0.15, 0.2) is 23.5 Å². The second-order valence-corrected chi connectivity index (χ2v) is 6.71. The summed E-state index contributed by atoms with van der Waals surface area (Å²) in [4.78, 5) is 20.7. The largest absolute Gasteiger partial charge is 0.379 e. The lowest BCUT2D eigenvalue weighted by molar-refractivity contribution is 0.0220. The number of piperazine rings is 1. The first-order valence-corrected chi connectivity index (χ1v) is 9.65. The number of aromatic nitrogens is 2. The van der Waals surface area contributed by atoms with Crippen molar-refractivity contribution in [2.24, 2.45) is 4.99 Å². The van der Waals surface area contributed by atoms with Crippen molar-refractivity contribution in [3.63, 3.8) is 0 Å². The number of anilines is 1. The van der Waals surface area contributed by atoms with Crippen LogP contribution >= 0.6 is 0 Å². The van der Waals surface area contributed by atoms with Gasteiger partial charge in [-0.05, 0) is 19.9 Å². The summed E-state index contributed by atoms with van der Waals surface area (Å²) in [6.07, 6.45) is 3.60. The molecular weight excluding hydrogens is 330 g/mol. The molecule has 3 rings (SSSR count). The number of nitrogens with zero attached hydrogens (tertiary/aromatic N) is 6. The van der Waals surface area contributed by atoms with Crippen molar-refractivity contribution < 1.29 is 4.74 Å². The number of aliphatic imine (C=N–C) groups is 1. The first-order chi connectivity index (χ1) is 12.8. The summed E-state index contributed by atoms with van der Waals surface area (Å²) < 4.78 is 5.44. The van der Waals surface area contributed by atoms with Crippen molar-refractivity contribution in [2.45, 2.75) is 19.9 Å². The van der Waals surface area contributed by atoms with Crippen molar-refractivity contribution in [1.82, 2.24) is 25.1 Å². The van der Waals surface area contributed by atoms with Crippen molar-refractivity contribution in [3.8, 4) is 0 Å². The van der Waals surface area contributed by atoms with Crippen LogP contribution in [0.4, 0.5) is 5.95 Å². The van der Waals surface area contributed by atoms with Crippen LogP contribution in [0.1, 0.15) is 13.8 Å². The maximum absolute atomic E-state index is 5.44. The highest BCUT2D eigenvalue weighted by atomic mass is 16.5. The Labute approximate surface area is 156 Å². The molecule has 2 aliphatic heterocycles. The molecule has 0 amide bonds. The summed E-state index contributed by atoms with van der Waals surface area (Å²) >= 11 is 0. The fourth-order valence-corrected chi connectivity index (χ4v) is 3.35. The van der Waals surface area contributed by atoms with Gasteiger partial charge < -0.3 is 19.9 Å². The SMILES string of the molecule is CCNC(=NCC(C)N1CCOCC1)N1CCN(c2ncccn2)CC1. The molecule has 0 bridgehead atoms. The molecule has 26 heavy (non-hydrogen) atoms. The van der Waals surface area contributed by atoms with Gasteiger partial charge in [0.1, 0.15) is 0 Å². The number of ether oxygens (including phenoxy) is 1. The quantitative estimate of drug-likeness (QED) is 0.597. The van der Waals surface area contributed by atoms with Gasteiger partial charge in [0.25, 0.3) is 0 Å². The minimum Gasteiger partial charge on any atom is -0.379 e. The van der Waals surface area contributed by atoms with E-state index in [4.69, 9.17) is 9.73 Å². The first kappa shape index (κ1) is 18.8. The predicted octanol–water partition coefficient (Wildman–Crippen LogP) is 0.285. The number of nitrogens with one attached hydrogen (secondary N) is 1. The average Bonchev–Trinajstić information content (AvgIpc) is 2.72. The van der Waals surface area contributed by atoms with E-state index in [0.717, 1.165) is 77.5 Å². The first-order valence-electron chi connectivity index (χ1n) is 9.65. The monoisotopic (exact) mass is 361 g/mol. The standard InChI is InChI=1S/C18H31N7O/c1-3-19-17(22-15-16(2)23-11-13-26-14-12-23)24-7-9-25(10-8-24)18-20-5-4-6-21-18/h4-6,16H,3,7-15H2,1-2H3,(H,19,22). The maximum atomic E-state index is 5.44. The van der Waals surface area contributed by atoms with Gasteiger partial charge in [-0.3, -0.25) is 9.89 Å². The summed E-state index contributed by atoms with van der Waals surface area (Å²) in [6, 6.07) is 2.29. The highest BCUT2D eigenvalue weighted by Crippen LogP contribution is 2.10. The van der Waals surface area contributed by atoms with E-state index in [1.807, 2.05) is 6.07 Å². The van der Waals surface area contributed by atoms with Gasteiger partial charge >= 0.3 is 0 Å². The molecule has 0 aliphatic carbocycles. The zero-order valence-corrected chi connectivity index (χ0v) is 16.0. The minimum atomic E-state index is 0.437. The van der Waals surface area contributed by atoms with Crippen molar-refractivity contribution in [2.75, 3.05) is 70.5 Å². The van der Waals surface area contributed by atoms with Gasteiger partial charge in [-0.15, -0.1) is 0 Å². The van der Waals surface area contributed by atoms with Crippen LogP contribution in [0, 0.1) is 0 Å². The molecule has 2 aliphatic rings. The smallest absolute Gasteiger partial charge is 0.225 e. The van der Waals surface area contributed by atoms with Crippen LogP contribution in [-0.4, -0.2) is 97.3 Å². The van der Waals surface area contributed by atoms with Gasteiger partial charge in [0.2, 0.25) is 5.95 Å². The van der Waals surface area contributed by atoms with Crippen molar-refractivity contribution in [1.29, 1.82) is 0 Å². The summed E-state index contributed by atoms with van der Waals surface area (Å²) in [5, 5.41) is 3.45. The van der Waals surface area contributed by atoms with Crippen molar-refractivity contribution >= 4 is 11.9 Å². The molecule has 0 aromatic carbocycles. The van der Waals surface area contributed by atoms with Gasteiger partial charge in [-0.2, -0.15) is 0 Å². The highest BCUT2D eigenvalue weighted by molar-refractivity contribution is 5.80. The number of morpholine rings is 1. The lowest BCUT2D eigenvalue weighted by Crippen LogP contribution is -2.53. The third-order valence-electron chi connectivity index (χ3n) is 4.92. The van der Waals surface area contributed by atoms with E-state index < -0.39 is 0 Å². The summed E-state index contributed by atoms with van der Waals surface area (Å²) in [5.41, 5.74) is 0. The second kappa shape index (κ2) is 9.68. The molecular formula is C18H31N7O. The molecule has 1 aromatic rings. The third-order valence-corrected chi connectivity index (χ3v) is 4.92. The maximum Gasteiger partial charge on any atom is 0.225 e. The predicted molar refractivity (Wildman–Crippen MR) is 104 cm³/mol. The lowest BCUT2D eigenvalue weighted by Gasteiger charge is -2.37. The van der Waals surface area contributed by atoms with Crippen LogP contribution in [0.25, 0.3) is 0 Å². The molecule has 2 fully saturated rings. The zero-order chi connectivity index (χ0) is 18.2. The normalized spacial score (nSPS) is 20.9. The Morgan fingerprint density at radius 2 is 1.85 bits per heavy atom. The van der Waals surface area contributed by atoms with E-state index in [1.165, 1.54) is 0 Å². The van der Waals surface area contributed by atoms with E-state index in [9.17, 15) is 0 Å². The Morgan fingerprint density at radius 1 is 1.15 bits per heavy atom. The third kappa shape index (κ3) is 5.04. The van der Waals surface area contributed by atoms with Crippen LogP contribution in [0.5, 0.6) is 0 Å². The molecule has 8 heteroatoms. The molecule has 1 N–H and O–H groups in total. The fourth-order valence-electron chi connectivity index (χ4n) is 3.35. The number of guanidine groups is 1. The molecule has 1 atom stereocenters. The van der Waals surface area contributed by atoms with Gasteiger partial charge in [0.05, 0.1) is 19.8 Å². The molecule has 144 valence electrons. The Hall–Kier alpha value is -1.93. The summed E-state index contributed by atoms with van der Waals surface area (Å²) in [6.45, 7) is 13.4. The zero-order valence-electron chi connectivity index (χ0n) is 16.0. The number of hydrogen-bond acceptors (Lipinski definition) is 6. The van der Waals surface area contributed by atoms with Crippen LogP contribution in [0.2, 0.25) is 0 Å². The number of hydrogen-bond donors (Lipinski definition) is 1. The Balaban J connectivity index is 1.54. The lowest BCUT2D eigenvalue weighted by atomic mass is 10.2. The topological polar surface area (TPSA) is 69.1 Å². The van der Waals surface area contributed by atoms with E-state index in [2.05, 4.69) is 43.8 Å². The molecule has 1 unspecified atom stereocenters. The molecule has 3 heterocycles. The van der Waals surface area contributed by atoms with Crippen molar-refractivity contribution in [3.05, 3.63) is 18.5 Å². The van der Waals surface area contributed by atoms with E-state index >= 15 is 0 Å². The number of rotatable bonds is 5. The van der Waals surface area contributed by atoms with E-state index in [1.54, 1.807) is 12.4 Å². The van der Waals surface area contributed by atoms with Gasteiger partial charge in [0.15, 0.2) is 5.96 Å². The van der Waals surface area contributed by atoms with Crippen LogP contribution in [-0.2, 0) is 4.74 Å². The van der Waals surface area contributed by atoms with E-state index in [0.29, 0.717) is 6.04 Å². The Bertz CT molecular complexity index is 554. The van der Waals surface area contributed by atoms with Crippen LogP contribution < -0.4 is 10.2 Å². The second-order valence-electron chi connectivity index (χ2n) is 6.71. The van der Waals surface area contributed by atoms with Crippen LogP contribution in [0.3, 0.4) is 0 Å². The Kier molecular flexibility index (Phi) is 7.02. The Morgan fingerprint density at radius 3 is 2.50 bits per heavy atom. The highest BCUT2D eigenvalue weighted by Gasteiger charge is 2.22. The summed E-state index contributed by atoms with van der Waals surface area (Å²) in [7, 11) is 0. The molecule has 0 saturated carbocycles. The molecule has 1 aromatic heterocycles. The molecule has 0 radical (unpaired) electrons. The molecule has 8 nitrogen and oxygen atoms in total.